The Labute approximate surface area is 138 Å². The number of amides is 1. The molecule has 6 nitrogen and oxygen atoms in total. The summed E-state index contributed by atoms with van der Waals surface area (Å²) in [6, 6.07) is 10.5. The molecule has 0 saturated carbocycles. The van der Waals surface area contributed by atoms with Crippen LogP contribution < -0.4 is 5.32 Å². The zero-order valence-corrected chi connectivity index (χ0v) is 13.7. The molecule has 0 aliphatic carbocycles. The minimum Gasteiger partial charge on any atom is -0.326 e. The molecular formula is C17H15N3O3S. The maximum absolute atomic E-state index is 12.1. The molecule has 0 bridgehead atoms. The number of carbonyl (C=O) groups is 1. The fourth-order valence-electron chi connectivity index (χ4n) is 3.23. The number of nitrogens with zero attached hydrogens (tertiary/aromatic N) is 1. The van der Waals surface area contributed by atoms with E-state index in [1.54, 1.807) is 30.5 Å². The Morgan fingerprint density at radius 3 is 2.58 bits per heavy atom. The van der Waals surface area contributed by atoms with Crippen molar-refractivity contribution in [1.29, 1.82) is 0 Å². The zero-order valence-electron chi connectivity index (χ0n) is 12.9. The number of sulfone groups is 1. The van der Waals surface area contributed by atoms with Crippen LogP contribution in [0.3, 0.4) is 0 Å². The topological polar surface area (TPSA) is 91.9 Å². The summed E-state index contributed by atoms with van der Waals surface area (Å²) >= 11 is 0. The molecule has 3 aromatic rings. The quantitative estimate of drug-likeness (QED) is 0.749. The lowest BCUT2D eigenvalue weighted by molar-refractivity contribution is -0.116. The average Bonchev–Trinajstić information content (AvgIpc) is 3.02. The Kier molecular flexibility index (Phi) is 3.21. The van der Waals surface area contributed by atoms with E-state index in [9.17, 15) is 13.2 Å². The monoisotopic (exact) mass is 341 g/mol. The van der Waals surface area contributed by atoms with Gasteiger partial charge in [-0.1, -0.05) is 12.1 Å². The molecule has 7 heteroatoms. The van der Waals surface area contributed by atoms with Crippen LogP contribution in [0.5, 0.6) is 0 Å². The van der Waals surface area contributed by atoms with Gasteiger partial charge in [-0.15, -0.1) is 0 Å². The highest BCUT2D eigenvalue weighted by molar-refractivity contribution is 7.90. The van der Waals surface area contributed by atoms with E-state index < -0.39 is 9.84 Å². The smallest absolute Gasteiger partial charge is 0.225 e. The number of carbonyl (C=O) groups excluding carboxylic acids is 1. The molecule has 0 radical (unpaired) electrons. The minimum atomic E-state index is -3.24. The average molecular weight is 341 g/mol. The van der Waals surface area contributed by atoms with Gasteiger partial charge in [0.15, 0.2) is 9.84 Å². The highest BCUT2D eigenvalue weighted by Gasteiger charge is 2.29. The second-order valence-electron chi connectivity index (χ2n) is 6.01. The molecule has 0 fully saturated rings. The summed E-state index contributed by atoms with van der Waals surface area (Å²) in [4.78, 5) is 12.3. The highest BCUT2D eigenvalue weighted by atomic mass is 32.2. The van der Waals surface area contributed by atoms with Crippen molar-refractivity contribution in [3.63, 3.8) is 0 Å². The van der Waals surface area contributed by atoms with Crippen molar-refractivity contribution in [2.75, 3.05) is 11.6 Å². The highest BCUT2D eigenvalue weighted by Crippen LogP contribution is 2.40. The number of anilines is 1. The molecule has 24 heavy (non-hydrogen) atoms. The lowest BCUT2D eigenvalue weighted by Crippen LogP contribution is -2.23. The molecule has 4 rings (SSSR count). The van der Waals surface area contributed by atoms with E-state index in [1.807, 2.05) is 12.1 Å². The van der Waals surface area contributed by atoms with Gasteiger partial charge in [0.05, 0.1) is 16.6 Å². The molecular weight excluding hydrogens is 326 g/mol. The summed E-state index contributed by atoms with van der Waals surface area (Å²) in [5, 5.41) is 11.0. The Morgan fingerprint density at radius 2 is 1.88 bits per heavy atom. The summed E-state index contributed by atoms with van der Waals surface area (Å²) in [5.41, 5.74) is 3.54. The number of rotatable bonds is 2. The molecule has 0 saturated heterocycles. The lowest BCUT2D eigenvalue weighted by Gasteiger charge is -2.26. The standard InChI is InChI=1S/C17H15N3O3S/c1-24(22,23)12-5-2-10(3-6-12)13-8-15(21)19-14-7-4-11-9-18-20-17(11)16(13)14/h2-7,9,13H,8H2,1H3,(H,18,20)(H,19,21). The van der Waals surface area contributed by atoms with E-state index in [0.717, 1.165) is 27.7 Å². The van der Waals surface area contributed by atoms with E-state index in [0.29, 0.717) is 6.42 Å². The van der Waals surface area contributed by atoms with Crippen LogP contribution in [0.2, 0.25) is 0 Å². The van der Waals surface area contributed by atoms with E-state index in [4.69, 9.17) is 0 Å². The first kappa shape index (κ1) is 14.9. The molecule has 1 aromatic heterocycles. The number of fused-ring (bicyclic) bond motifs is 3. The second-order valence-corrected chi connectivity index (χ2v) is 8.02. The number of aromatic nitrogens is 2. The predicted octanol–water partition coefficient (Wildman–Crippen LogP) is 2.44. The summed E-state index contributed by atoms with van der Waals surface area (Å²) in [6.45, 7) is 0. The van der Waals surface area contributed by atoms with Gasteiger partial charge in [-0.2, -0.15) is 5.10 Å². The van der Waals surface area contributed by atoms with Crippen molar-refractivity contribution in [2.24, 2.45) is 0 Å². The van der Waals surface area contributed by atoms with Gasteiger partial charge < -0.3 is 5.32 Å². The van der Waals surface area contributed by atoms with Crippen LogP contribution in [-0.2, 0) is 14.6 Å². The van der Waals surface area contributed by atoms with Gasteiger partial charge in [-0.25, -0.2) is 8.42 Å². The van der Waals surface area contributed by atoms with Crippen molar-refractivity contribution >= 4 is 32.3 Å². The third kappa shape index (κ3) is 2.37. The SMILES string of the molecule is CS(=O)(=O)c1ccc(C2CC(=O)Nc3ccc4cn[nH]c4c32)cc1. The number of H-pyrrole nitrogens is 1. The number of aromatic amines is 1. The van der Waals surface area contributed by atoms with E-state index in [2.05, 4.69) is 15.5 Å². The van der Waals surface area contributed by atoms with E-state index in [-0.39, 0.29) is 16.7 Å². The van der Waals surface area contributed by atoms with Crippen LogP contribution in [0.4, 0.5) is 5.69 Å². The lowest BCUT2D eigenvalue weighted by atomic mass is 9.84. The van der Waals surface area contributed by atoms with Gasteiger partial charge in [0, 0.05) is 35.2 Å². The zero-order chi connectivity index (χ0) is 16.9. The molecule has 1 amide bonds. The Hall–Kier alpha value is -2.67. The first-order chi connectivity index (χ1) is 11.4. The van der Waals surface area contributed by atoms with E-state index in [1.165, 1.54) is 6.26 Å². The van der Waals surface area contributed by atoms with Crippen LogP contribution in [-0.4, -0.2) is 30.8 Å². The largest absolute Gasteiger partial charge is 0.326 e. The van der Waals surface area contributed by atoms with Crippen molar-refractivity contribution in [1.82, 2.24) is 10.2 Å². The molecule has 1 atom stereocenters. The van der Waals surface area contributed by atoms with Crippen LogP contribution in [0.15, 0.2) is 47.5 Å². The normalized spacial score (nSPS) is 17.5. The number of nitrogens with one attached hydrogen (secondary N) is 2. The molecule has 2 N–H and O–H groups in total. The molecule has 1 aliphatic rings. The van der Waals surface area contributed by atoms with Crippen LogP contribution in [0, 0.1) is 0 Å². The van der Waals surface area contributed by atoms with Gasteiger partial charge in [-0.05, 0) is 29.8 Å². The fourth-order valence-corrected chi connectivity index (χ4v) is 3.86. The molecule has 122 valence electrons. The first-order valence-electron chi connectivity index (χ1n) is 7.49. The maximum Gasteiger partial charge on any atom is 0.225 e. The predicted molar refractivity (Wildman–Crippen MR) is 90.7 cm³/mol. The minimum absolute atomic E-state index is 0.0569. The van der Waals surface area contributed by atoms with Crippen molar-refractivity contribution in [3.8, 4) is 0 Å². The molecule has 1 unspecified atom stereocenters. The summed E-state index contributed by atoms with van der Waals surface area (Å²) in [6.07, 6.45) is 3.23. The third-order valence-electron chi connectivity index (χ3n) is 4.38. The van der Waals surface area contributed by atoms with E-state index >= 15 is 0 Å². The van der Waals surface area contributed by atoms with Gasteiger partial charge in [0.25, 0.3) is 0 Å². The Bertz CT molecular complexity index is 1050. The number of hydrogen-bond donors (Lipinski definition) is 2. The van der Waals surface area contributed by atoms with Crippen LogP contribution in [0.25, 0.3) is 10.9 Å². The van der Waals surface area contributed by atoms with Gasteiger partial charge in [0.2, 0.25) is 5.91 Å². The van der Waals surface area contributed by atoms with Gasteiger partial charge in [0.1, 0.15) is 0 Å². The van der Waals surface area contributed by atoms with Crippen molar-refractivity contribution in [2.45, 2.75) is 17.2 Å². The van der Waals surface area contributed by atoms with Crippen molar-refractivity contribution in [3.05, 3.63) is 53.7 Å². The molecule has 1 aliphatic heterocycles. The Morgan fingerprint density at radius 1 is 1.12 bits per heavy atom. The van der Waals surface area contributed by atoms with Gasteiger partial charge >= 0.3 is 0 Å². The van der Waals surface area contributed by atoms with Crippen LogP contribution in [0.1, 0.15) is 23.5 Å². The third-order valence-corrected chi connectivity index (χ3v) is 5.51. The first-order valence-corrected chi connectivity index (χ1v) is 9.38. The Balaban J connectivity index is 1.87. The summed E-state index contributed by atoms with van der Waals surface area (Å²) < 4.78 is 23.3. The van der Waals surface area contributed by atoms with Crippen molar-refractivity contribution < 1.29 is 13.2 Å². The summed E-state index contributed by atoms with van der Waals surface area (Å²) in [5.74, 6) is -0.204. The molecule has 2 heterocycles. The summed E-state index contributed by atoms with van der Waals surface area (Å²) in [7, 11) is -3.24. The van der Waals surface area contributed by atoms with Gasteiger partial charge in [-0.3, -0.25) is 9.89 Å². The van der Waals surface area contributed by atoms with Crippen LogP contribution >= 0.6 is 0 Å². The number of hydrogen-bond acceptors (Lipinski definition) is 4. The number of benzene rings is 2. The second kappa shape index (κ2) is 5.17. The maximum atomic E-state index is 12.1. The fraction of sp³-hybridized carbons (Fsp3) is 0.176. The molecule has 2 aromatic carbocycles. The molecule has 0 spiro atoms.